The molecule has 2 atom stereocenters. The Balaban J connectivity index is 2.99. The highest BCUT2D eigenvalue weighted by Gasteiger charge is 2.45. The minimum Gasteiger partial charge on any atom is -0.393 e. The van der Waals surface area contributed by atoms with Gasteiger partial charge in [-0.2, -0.15) is 0 Å². The van der Waals surface area contributed by atoms with Crippen LogP contribution in [0.2, 0.25) is 0 Å². The fraction of sp³-hybridized carbons (Fsp3) is 0.571. The summed E-state index contributed by atoms with van der Waals surface area (Å²) in [6.07, 6.45) is -2.40. The molecule has 0 saturated carbocycles. The summed E-state index contributed by atoms with van der Waals surface area (Å²) >= 11 is 0. The fourth-order valence-corrected chi connectivity index (χ4v) is 1.85. The fourth-order valence-electron chi connectivity index (χ4n) is 1.85. The molecule has 1 aromatic carbocycles. The second kappa shape index (κ2) is 7.57. The van der Waals surface area contributed by atoms with Gasteiger partial charge in [0.2, 0.25) is 0 Å². The van der Waals surface area contributed by atoms with E-state index in [1.54, 1.807) is 44.2 Å². The average Bonchev–Trinajstić information content (AvgIpc) is 2.46. The smallest absolute Gasteiger partial charge is 0.191 e. The van der Waals surface area contributed by atoms with Gasteiger partial charge in [-0.15, -0.1) is 0 Å². The van der Waals surface area contributed by atoms with E-state index < -0.39 is 24.6 Å². The number of hydrogen-bond donors (Lipinski definition) is 3. The molecule has 19 heavy (non-hydrogen) atoms. The van der Waals surface area contributed by atoms with E-state index in [4.69, 9.17) is 9.47 Å². The van der Waals surface area contributed by atoms with Gasteiger partial charge >= 0.3 is 0 Å². The van der Waals surface area contributed by atoms with Crippen molar-refractivity contribution in [1.29, 1.82) is 0 Å². The Hall–Kier alpha value is -0.980. The van der Waals surface area contributed by atoms with Crippen LogP contribution in [-0.2, 0) is 9.47 Å². The largest absolute Gasteiger partial charge is 0.393 e. The van der Waals surface area contributed by atoms with Crippen LogP contribution in [-0.4, -0.2) is 47.0 Å². The molecule has 0 bridgehead atoms. The summed E-state index contributed by atoms with van der Waals surface area (Å²) in [5.41, 5.74) is -1.42. The van der Waals surface area contributed by atoms with Gasteiger partial charge in [0.05, 0.1) is 6.61 Å². The molecule has 0 aliphatic rings. The number of ether oxygens (including phenoxy) is 2. The van der Waals surface area contributed by atoms with Crippen LogP contribution in [0.1, 0.15) is 25.5 Å². The Labute approximate surface area is 113 Å². The van der Waals surface area contributed by atoms with E-state index in [1.165, 1.54) is 0 Å². The summed E-state index contributed by atoms with van der Waals surface area (Å²) in [5, 5.41) is 30.3. The number of hydrogen-bond acceptors (Lipinski definition) is 5. The van der Waals surface area contributed by atoms with Crippen LogP contribution < -0.4 is 0 Å². The van der Waals surface area contributed by atoms with Gasteiger partial charge in [-0.3, -0.25) is 0 Å². The lowest BCUT2D eigenvalue weighted by Gasteiger charge is -2.37. The van der Waals surface area contributed by atoms with Gasteiger partial charge in [-0.05, 0) is 19.4 Å². The quantitative estimate of drug-likeness (QED) is 0.610. The summed E-state index contributed by atoms with van der Waals surface area (Å²) in [7, 11) is 0. The molecule has 0 saturated heterocycles. The number of rotatable bonds is 8. The van der Waals surface area contributed by atoms with Crippen molar-refractivity contribution in [3.8, 4) is 0 Å². The Bertz CT molecular complexity index is 350. The van der Waals surface area contributed by atoms with Crippen LogP contribution in [0.5, 0.6) is 0 Å². The van der Waals surface area contributed by atoms with Crippen molar-refractivity contribution >= 4 is 0 Å². The molecule has 0 radical (unpaired) electrons. The van der Waals surface area contributed by atoms with Gasteiger partial charge in [0.25, 0.3) is 0 Å². The van der Waals surface area contributed by atoms with Crippen LogP contribution >= 0.6 is 0 Å². The van der Waals surface area contributed by atoms with Crippen LogP contribution in [0, 0.1) is 0 Å². The first-order valence-corrected chi connectivity index (χ1v) is 6.39. The zero-order valence-electron chi connectivity index (χ0n) is 11.3. The first kappa shape index (κ1) is 16.1. The standard InChI is InChI=1S/C14H22O5/c1-3-18-13(19-4-2)14(17,10-15)12(16)11-8-6-5-7-9-11/h5-9,12-13,15-17H,3-4,10H2,1-2H3/t12-,14-/m0/s1. The predicted octanol–water partition coefficient (Wildman–Crippen LogP) is 0.843. The Morgan fingerprint density at radius 2 is 1.63 bits per heavy atom. The highest BCUT2D eigenvalue weighted by atomic mass is 16.7. The first-order valence-electron chi connectivity index (χ1n) is 6.39. The molecule has 0 unspecified atom stereocenters. The Morgan fingerprint density at radius 3 is 2.05 bits per heavy atom. The second-order valence-electron chi connectivity index (χ2n) is 4.21. The number of benzene rings is 1. The van der Waals surface area contributed by atoms with Gasteiger partial charge < -0.3 is 24.8 Å². The van der Waals surface area contributed by atoms with Crippen LogP contribution in [0.25, 0.3) is 0 Å². The maximum atomic E-state index is 10.5. The molecular formula is C14H22O5. The number of aliphatic hydroxyl groups excluding tert-OH is 2. The molecule has 0 amide bonds. The van der Waals surface area contributed by atoms with Crippen LogP contribution in [0.3, 0.4) is 0 Å². The molecule has 0 spiro atoms. The van der Waals surface area contributed by atoms with Crippen molar-refractivity contribution in [1.82, 2.24) is 0 Å². The van der Waals surface area contributed by atoms with Crippen molar-refractivity contribution in [2.75, 3.05) is 19.8 Å². The molecule has 108 valence electrons. The second-order valence-corrected chi connectivity index (χ2v) is 4.21. The highest BCUT2D eigenvalue weighted by Crippen LogP contribution is 2.30. The maximum absolute atomic E-state index is 10.5. The molecule has 1 aromatic rings. The Kier molecular flexibility index (Phi) is 6.41. The summed E-state index contributed by atoms with van der Waals surface area (Å²) in [6, 6.07) is 8.62. The van der Waals surface area contributed by atoms with Crippen LogP contribution in [0.4, 0.5) is 0 Å². The van der Waals surface area contributed by atoms with E-state index in [0.29, 0.717) is 18.8 Å². The lowest BCUT2D eigenvalue weighted by Crippen LogP contribution is -2.53. The van der Waals surface area contributed by atoms with Gasteiger partial charge in [0.1, 0.15) is 6.10 Å². The maximum Gasteiger partial charge on any atom is 0.191 e. The molecule has 0 aromatic heterocycles. The van der Waals surface area contributed by atoms with E-state index in [-0.39, 0.29) is 0 Å². The van der Waals surface area contributed by atoms with E-state index in [9.17, 15) is 15.3 Å². The van der Waals surface area contributed by atoms with E-state index >= 15 is 0 Å². The van der Waals surface area contributed by atoms with E-state index in [1.807, 2.05) is 0 Å². The molecule has 5 heteroatoms. The zero-order valence-corrected chi connectivity index (χ0v) is 11.3. The van der Waals surface area contributed by atoms with Crippen molar-refractivity contribution in [3.05, 3.63) is 35.9 Å². The molecular weight excluding hydrogens is 248 g/mol. The predicted molar refractivity (Wildman–Crippen MR) is 70.5 cm³/mol. The topological polar surface area (TPSA) is 79.2 Å². The SMILES string of the molecule is CCOC(OCC)[C@](O)(CO)[C@@H](O)c1ccccc1. The monoisotopic (exact) mass is 270 g/mol. The lowest BCUT2D eigenvalue weighted by atomic mass is 9.91. The molecule has 0 fully saturated rings. The highest BCUT2D eigenvalue weighted by molar-refractivity contribution is 5.20. The molecule has 0 heterocycles. The summed E-state index contributed by atoms with van der Waals surface area (Å²) in [6.45, 7) is 3.42. The summed E-state index contributed by atoms with van der Waals surface area (Å²) in [5.74, 6) is 0. The molecule has 0 aliphatic heterocycles. The van der Waals surface area contributed by atoms with Gasteiger partial charge in [-0.25, -0.2) is 0 Å². The van der Waals surface area contributed by atoms with Gasteiger partial charge in [-0.1, -0.05) is 30.3 Å². The van der Waals surface area contributed by atoms with Crippen molar-refractivity contribution < 1.29 is 24.8 Å². The van der Waals surface area contributed by atoms with Crippen molar-refractivity contribution in [2.24, 2.45) is 0 Å². The average molecular weight is 270 g/mol. The molecule has 3 N–H and O–H groups in total. The molecule has 1 rings (SSSR count). The minimum atomic E-state index is -1.91. The number of aliphatic hydroxyl groups is 3. The summed E-state index contributed by atoms with van der Waals surface area (Å²) < 4.78 is 10.6. The third-order valence-electron chi connectivity index (χ3n) is 2.89. The zero-order chi connectivity index (χ0) is 14.3. The summed E-state index contributed by atoms with van der Waals surface area (Å²) in [4.78, 5) is 0. The first-order chi connectivity index (χ1) is 9.10. The molecule has 5 nitrogen and oxygen atoms in total. The Morgan fingerprint density at radius 1 is 1.11 bits per heavy atom. The van der Waals surface area contributed by atoms with E-state index in [2.05, 4.69) is 0 Å². The third kappa shape index (κ3) is 3.75. The van der Waals surface area contributed by atoms with Crippen molar-refractivity contribution in [2.45, 2.75) is 31.8 Å². The third-order valence-corrected chi connectivity index (χ3v) is 2.89. The molecule has 0 aliphatic carbocycles. The van der Waals surface area contributed by atoms with Gasteiger partial charge in [0, 0.05) is 13.2 Å². The van der Waals surface area contributed by atoms with Gasteiger partial charge in [0.15, 0.2) is 11.9 Å². The minimum absolute atomic E-state index is 0.300. The van der Waals surface area contributed by atoms with E-state index in [0.717, 1.165) is 0 Å². The lowest BCUT2D eigenvalue weighted by molar-refractivity contribution is -0.275. The van der Waals surface area contributed by atoms with Crippen LogP contribution in [0.15, 0.2) is 30.3 Å². The van der Waals surface area contributed by atoms with Crippen molar-refractivity contribution in [3.63, 3.8) is 0 Å². The normalized spacial score (nSPS) is 16.3.